The van der Waals surface area contributed by atoms with Crippen molar-refractivity contribution in [2.24, 2.45) is 0 Å². The van der Waals surface area contributed by atoms with Gasteiger partial charge in [-0.25, -0.2) is 4.68 Å². The number of benzene rings is 1. The predicted molar refractivity (Wildman–Crippen MR) is 137 cm³/mol. The molecule has 3 aromatic heterocycles. The molecule has 2 fully saturated rings. The second-order valence-corrected chi connectivity index (χ2v) is 9.66. The standard InChI is InChI=1S/C25H26N8O6/c1-25(36,24(35)28-14-5-6-17-18(11-14)39-31-22(17)26)21-23(34)32(9-10-37-21)19-7-8-33(30-19)15-12-20(29-27-13-15)38-16-3-2-4-16/h5-8,11-13,16,21,36H,2-4,9-10H2,1H3,(H2,26,31)(H,28,35)/t21-,25+/m0/s1. The van der Waals surface area contributed by atoms with Gasteiger partial charge in [-0.2, -0.15) is 5.10 Å². The fourth-order valence-corrected chi connectivity index (χ4v) is 4.41. The molecular formula is C25H26N8O6. The molecule has 1 aromatic carbocycles. The third-order valence-electron chi connectivity index (χ3n) is 6.89. The van der Waals surface area contributed by atoms with Crippen molar-refractivity contribution < 1.29 is 28.7 Å². The van der Waals surface area contributed by atoms with Crippen LogP contribution in [0.2, 0.25) is 0 Å². The lowest BCUT2D eigenvalue weighted by atomic mass is 9.95. The Kier molecular flexibility index (Phi) is 6.12. The number of hydrogen-bond donors (Lipinski definition) is 3. The number of fused-ring (bicyclic) bond motifs is 1. The Morgan fingerprint density at radius 3 is 2.92 bits per heavy atom. The maximum absolute atomic E-state index is 13.4. The van der Waals surface area contributed by atoms with E-state index >= 15 is 0 Å². The largest absolute Gasteiger partial charge is 0.473 e. The van der Waals surface area contributed by atoms with E-state index in [0.29, 0.717) is 34.0 Å². The number of aliphatic hydroxyl groups is 1. The summed E-state index contributed by atoms with van der Waals surface area (Å²) in [5.41, 5.74) is 4.83. The minimum atomic E-state index is -2.20. The summed E-state index contributed by atoms with van der Waals surface area (Å²) < 4.78 is 18.1. The smallest absolute Gasteiger partial charge is 0.260 e. The number of hydrogen-bond acceptors (Lipinski definition) is 11. The lowest BCUT2D eigenvalue weighted by molar-refractivity contribution is -0.165. The number of morpholine rings is 1. The molecule has 0 unspecified atom stereocenters. The Bertz CT molecular complexity index is 1540. The van der Waals surface area contributed by atoms with Crippen LogP contribution < -0.4 is 20.7 Å². The highest BCUT2D eigenvalue weighted by molar-refractivity contribution is 6.06. The molecular weight excluding hydrogens is 508 g/mol. The molecule has 14 nitrogen and oxygen atoms in total. The number of nitrogens with zero attached hydrogens (tertiary/aromatic N) is 6. The Morgan fingerprint density at radius 1 is 1.28 bits per heavy atom. The first-order valence-corrected chi connectivity index (χ1v) is 12.5. The summed E-state index contributed by atoms with van der Waals surface area (Å²) in [6.45, 7) is 1.51. The van der Waals surface area contributed by atoms with Gasteiger partial charge in [0, 0.05) is 30.1 Å². The number of ether oxygens (including phenoxy) is 2. The molecule has 1 aliphatic heterocycles. The van der Waals surface area contributed by atoms with E-state index in [0.717, 1.165) is 19.3 Å². The molecule has 0 bridgehead atoms. The number of nitrogens with one attached hydrogen (secondary N) is 1. The van der Waals surface area contributed by atoms with Gasteiger partial charge in [-0.05, 0) is 38.3 Å². The zero-order valence-corrected chi connectivity index (χ0v) is 21.0. The first-order chi connectivity index (χ1) is 18.8. The number of rotatable bonds is 7. The zero-order chi connectivity index (χ0) is 27.1. The number of carbonyl (C=O) groups is 2. The molecule has 2 amide bonds. The van der Waals surface area contributed by atoms with E-state index in [1.54, 1.807) is 35.1 Å². The summed E-state index contributed by atoms with van der Waals surface area (Å²) in [7, 11) is 0. The van der Waals surface area contributed by atoms with Crippen LogP contribution in [-0.4, -0.2) is 73.0 Å². The Balaban J connectivity index is 1.17. The average molecular weight is 535 g/mol. The number of amides is 2. The van der Waals surface area contributed by atoms with Crippen molar-refractivity contribution in [3.8, 4) is 11.6 Å². The second kappa shape index (κ2) is 9.63. The second-order valence-electron chi connectivity index (χ2n) is 9.66. The molecule has 6 rings (SSSR count). The van der Waals surface area contributed by atoms with Crippen LogP contribution in [0.25, 0.3) is 16.7 Å². The molecule has 1 aliphatic carbocycles. The van der Waals surface area contributed by atoms with Crippen molar-refractivity contribution in [1.82, 2.24) is 25.1 Å². The molecule has 4 aromatic rings. The minimum Gasteiger partial charge on any atom is -0.473 e. The normalized spacial score (nSPS) is 19.5. The highest BCUT2D eigenvalue weighted by Crippen LogP contribution is 2.28. The van der Waals surface area contributed by atoms with E-state index in [4.69, 9.17) is 19.7 Å². The van der Waals surface area contributed by atoms with Crippen LogP contribution in [0, 0.1) is 0 Å². The first-order valence-electron chi connectivity index (χ1n) is 12.5. The van der Waals surface area contributed by atoms with Crippen molar-refractivity contribution in [2.75, 3.05) is 29.1 Å². The van der Waals surface area contributed by atoms with Gasteiger partial charge in [0.25, 0.3) is 11.8 Å². The zero-order valence-electron chi connectivity index (χ0n) is 21.0. The lowest BCUT2D eigenvalue weighted by Crippen LogP contribution is -2.61. The van der Waals surface area contributed by atoms with Crippen molar-refractivity contribution in [1.29, 1.82) is 0 Å². The molecule has 1 saturated heterocycles. The van der Waals surface area contributed by atoms with E-state index in [1.807, 2.05) is 0 Å². The van der Waals surface area contributed by atoms with Crippen molar-refractivity contribution >= 4 is 40.1 Å². The van der Waals surface area contributed by atoms with Crippen molar-refractivity contribution in [3.05, 3.63) is 42.7 Å². The maximum atomic E-state index is 13.4. The monoisotopic (exact) mass is 534 g/mol. The van der Waals surface area contributed by atoms with Crippen LogP contribution in [0.1, 0.15) is 26.2 Å². The van der Waals surface area contributed by atoms with Crippen molar-refractivity contribution in [2.45, 2.75) is 44.0 Å². The topological polar surface area (TPSA) is 184 Å². The number of nitrogens with two attached hydrogens (primary N) is 1. The van der Waals surface area contributed by atoms with Gasteiger partial charge in [-0.3, -0.25) is 14.5 Å². The van der Waals surface area contributed by atoms with Gasteiger partial charge < -0.3 is 30.2 Å². The molecule has 1 saturated carbocycles. The minimum absolute atomic E-state index is 0.0895. The average Bonchev–Trinajstić information content (AvgIpc) is 3.53. The summed E-state index contributed by atoms with van der Waals surface area (Å²) in [6.07, 6.45) is 5.02. The van der Waals surface area contributed by atoms with Crippen LogP contribution in [0.5, 0.6) is 5.88 Å². The summed E-state index contributed by atoms with van der Waals surface area (Å²) in [4.78, 5) is 27.8. The van der Waals surface area contributed by atoms with Crippen molar-refractivity contribution in [3.63, 3.8) is 0 Å². The van der Waals surface area contributed by atoms with Gasteiger partial charge in [0.2, 0.25) is 5.88 Å². The molecule has 202 valence electrons. The molecule has 0 radical (unpaired) electrons. The Morgan fingerprint density at radius 2 is 2.13 bits per heavy atom. The fourth-order valence-electron chi connectivity index (χ4n) is 4.41. The summed E-state index contributed by atoms with van der Waals surface area (Å²) in [6, 6.07) is 8.12. The van der Waals surface area contributed by atoms with E-state index in [2.05, 4.69) is 25.8 Å². The number of carbonyl (C=O) groups excluding carboxylic acids is 2. The van der Waals surface area contributed by atoms with Gasteiger partial charge in [0.05, 0.1) is 30.4 Å². The summed E-state index contributed by atoms with van der Waals surface area (Å²) >= 11 is 0. The summed E-state index contributed by atoms with van der Waals surface area (Å²) in [5, 5.41) is 30.5. The maximum Gasteiger partial charge on any atom is 0.260 e. The highest BCUT2D eigenvalue weighted by Gasteiger charge is 2.49. The molecule has 2 aliphatic rings. The van der Waals surface area contributed by atoms with Gasteiger partial charge in [-0.1, -0.05) is 5.16 Å². The number of nitrogen functional groups attached to an aromatic ring is 1. The molecule has 39 heavy (non-hydrogen) atoms. The fraction of sp³-hybridized carbons (Fsp3) is 0.360. The van der Waals surface area contributed by atoms with Crippen LogP contribution in [0.4, 0.5) is 17.3 Å². The van der Waals surface area contributed by atoms with Crippen LogP contribution in [-0.2, 0) is 14.3 Å². The van der Waals surface area contributed by atoms with E-state index < -0.39 is 23.5 Å². The Labute approximate surface area is 221 Å². The van der Waals surface area contributed by atoms with E-state index in [9.17, 15) is 14.7 Å². The predicted octanol–water partition coefficient (Wildman–Crippen LogP) is 1.44. The van der Waals surface area contributed by atoms with E-state index in [-0.39, 0.29) is 25.1 Å². The number of anilines is 3. The SMILES string of the molecule is C[C@](O)(C(=O)Nc1ccc2c(N)noc2c1)[C@H]1OCCN(c2ccn(-c3cnnc(OC4CCC4)c3)n2)C1=O. The molecule has 0 spiro atoms. The van der Waals surface area contributed by atoms with Crippen LogP contribution in [0.3, 0.4) is 0 Å². The van der Waals surface area contributed by atoms with Gasteiger partial charge in [0.1, 0.15) is 6.10 Å². The summed E-state index contributed by atoms with van der Waals surface area (Å²) in [5.74, 6) is -0.476. The number of aromatic nitrogens is 5. The Hall–Kier alpha value is -4.56. The first kappa shape index (κ1) is 24.8. The van der Waals surface area contributed by atoms with Crippen LogP contribution >= 0.6 is 0 Å². The molecule has 4 heterocycles. The highest BCUT2D eigenvalue weighted by atomic mass is 16.5. The third-order valence-corrected chi connectivity index (χ3v) is 6.89. The van der Waals surface area contributed by atoms with Gasteiger partial charge >= 0.3 is 0 Å². The third kappa shape index (κ3) is 4.64. The molecule has 4 N–H and O–H groups in total. The van der Waals surface area contributed by atoms with Crippen LogP contribution in [0.15, 0.2) is 47.2 Å². The van der Waals surface area contributed by atoms with E-state index in [1.165, 1.54) is 24.1 Å². The van der Waals surface area contributed by atoms with Gasteiger partial charge in [0.15, 0.2) is 28.9 Å². The lowest BCUT2D eigenvalue weighted by Gasteiger charge is -2.37. The quantitative estimate of drug-likeness (QED) is 0.312. The molecule has 14 heteroatoms. The van der Waals surface area contributed by atoms with Gasteiger partial charge in [-0.15, -0.1) is 10.2 Å². The molecule has 2 atom stereocenters.